The van der Waals surface area contributed by atoms with Crippen molar-refractivity contribution in [2.24, 2.45) is 10.9 Å². The predicted molar refractivity (Wildman–Crippen MR) is 106 cm³/mol. The summed E-state index contributed by atoms with van der Waals surface area (Å²) in [6.45, 7) is 11.4. The van der Waals surface area contributed by atoms with Crippen molar-refractivity contribution in [1.82, 2.24) is 10.2 Å². The average molecular weight is 360 g/mol. The topological polar surface area (TPSA) is 53.9 Å². The Morgan fingerprint density at radius 3 is 2.42 bits per heavy atom. The molecule has 1 heterocycles. The van der Waals surface area contributed by atoms with Gasteiger partial charge in [-0.05, 0) is 32.3 Å². The van der Waals surface area contributed by atoms with Gasteiger partial charge in [-0.1, -0.05) is 43.7 Å². The summed E-state index contributed by atoms with van der Waals surface area (Å²) in [7, 11) is 1.82. The highest BCUT2D eigenvalue weighted by Gasteiger charge is 2.28. The number of benzene rings is 1. The van der Waals surface area contributed by atoms with E-state index in [0.717, 1.165) is 38.4 Å². The maximum Gasteiger partial charge on any atom is 0.309 e. The summed E-state index contributed by atoms with van der Waals surface area (Å²) < 4.78 is 5.15. The largest absolute Gasteiger partial charge is 0.466 e. The SMILES string of the molecule is CCOC(=O)C1CCN(C(=NC)NCC(C)(C)c2ccc(C)cc2)CC1. The van der Waals surface area contributed by atoms with Gasteiger partial charge in [0.05, 0.1) is 12.5 Å². The van der Waals surface area contributed by atoms with Gasteiger partial charge in [0.25, 0.3) is 0 Å². The van der Waals surface area contributed by atoms with Gasteiger partial charge in [0, 0.05) is 32.1 Å². The van der Waals surface area contributed by atoms with E-state index in [0.29, 0.717) is 6.61 Å². The van der Waals surface area contributed by atoms with E-state index in [1.807, 2.05) is 14.0 Å². The van der Waals surface area contributed by atoms with Crippen LogP contribution in [0.1, 0.15) is 44.7 Å². The molecule has 0 atom stereocenters. The summed E-state index contributed by atoms with van der Waals surface area (Å²) >= 11 is 0. The number of rotatable bonds is 5. The van der Waals surface area contributed by atoms with E-state index in [-0.39, 0.29) is 17.3 Å². The molecule has 1 aliphatic rings. The molecule has 1 N–H and O–H groups in total. The highest BCUT2D eigenvalue weighted by atomic mass is 16.5. The minimum Gasteiger partial charge on any atom is -0.466 e. The van der Waals surface area contributed by atoms with Crippen molar-refractivity contribution >= 4 is 11.9 Å². The highest BCUT2D eigenvalue weighted by Crippen LogP contribution is 2.23. The molecule has 0 amide bonds. The first kappa shape index (κ1) is 20.3. The predicted octanol–water partition coefficient (Wildman–Crippen LogP) is 3.12. The van der Waals surface area contributed by atoms with E-state index in [4.69, 9.17) is 4.74 Å². The van der Waals surface area contributed by atoms with E-state index in [2.05, 4.69) is 60.2 Å². The first-order valence-electron chi connectivity index (χ1n) is 9.56. The summed E-state index contributed by atoms with van der Waals surface area (Å²) in [5, 5.41) is 3.52. The fraction of sp³-hybridized carbons (Fsp3) is 0.619. The third-order valence-electron chi connectivity index (χ3n) is 5.15. The van der Waals surface area contributed by atoms with Crippen LogP contribution in [0.25, 0.3) is 0 Å². The average Bonchev–Trinajstić information content (AvgIpc) is 2.63. The second kappa shape index (κ2) is 9.06. The van der Waals surface area contributed by atoms with Crippen LogP contribution in [0.4, 0.5) is 0 Å². The summed E-state index contributed by atoms with van der Waals surface area (Å²) in [5.74, 6) is 0.872. The molecule has 2 rings (SSSR count). The molecule has 1 fully saturated rings. The number of carbonyl (C=O) groups is 1. The fourth-order valence-corrected chi connectivity index (χ4v) is 3.33. The zero-order valence-electron chi connectivity index (χ0n) is 16.8. The molecule has 0 saturated carbocycles. The van der Waals surface area contributed by atoms with Crippen molar-refractivity contribution in [3.05, 3.63) is 35.4 Å². The molecule has 1 aliphatic heterocycles. The summed E-state index contributed by atoms with van der Waals surface area (Å²) in [4.78, 5) is 18.6. The minimum atomic E-state index is -0.0596. The van der Waals surface area contributed by atoms with Gasteiger partial charge in [0.15, 0.2) is 5.96 Å². The molecule has 0 spiro atoms. The van der Waals surface area contributed by atoms with Crippen LogP contribution in [0.3, 0.4) is 0 Å². The van der Waals surface area contributed by atoms with Crippen LogP contribution in [-0.2, 0) is 14.9 Å². The van der Waals surface area contributed by atoms with Crippen LogP contribution in [0, 0.1) is 12.8 Å². The lowest BCUT2D eigenvalue weighted by atomic mass is 9.84. The Balaban J connectivity index is 1.90. The normalized spacial score (nSPS) is 16.5. The Morgan fingerprint density at radius 1 is 1.27 bits per heavy atom. The third-order valence-corrected chi connectivity index (χ3v) is 5.15. The Bertz CT molecular complexity index is 615. The van der Waals surface area contributed by atoms with E-state index >= 15 is 0 Å². The number of hydrogen-bond acceptors (Lipinski definition) is 3. The lowest BCUT2D eigenvalue weighted by Crippen LogP contribution is -2.49. The van der Waals surface area contributed by atoms with Gasteiger partial charge in [-0.25, -0.2) is 0 Å². The molecule has 0 bridgehead atoms. The highest BCUT2D eigenvalue weighted by molar-refractivity contribution is 5.80. The van der Waals surface area contributed by atoms with Crippen LogP contribution in [-0.4, -0.2) is 50.1 Å². The second-order valence-corrected chi connectivity index (χ2v) is 7.66. The first-order chi connectivity index (χ1) is 12.4. The summed E-state index contributed by atoms with van der Waals surface area (Å²) in [6, 6.07) is 8.72. The molecule has 0 unspecified atom stereocenters. The van der Waals surface area contributed by atoms with Gasteiger partial charge in [-0.2, -0.15) is 0 Å². The van der Waals surface area contributed by atoms with Crippen molar-refractivity contribution in [3.8, 4) is 0 Å². The van der Waals surface area contributed by atoms with Crippen molar-refractivity contribution in [2.75, 3.05) is 33.3 Å². The van der Waals surface area contributed by atoms with Crippen molar-refractivity contribution in [2.45, 2.75) is 46.0 Å². The van der Waals surface area contributed by atoms with E-state index in [9.17, 15) is 4.79 Å². The summed E-state index contributed by atoms with van der Waals surface area (Å²) in [6.07, 6.45) is 1.64. The number of likely N-dealkylation sites (tertiary alicyclic amines) is 1. The number of carbonyl (C=O) groups excluding carboxylic acids is 1. The second-order valence-electron chi connectivity index (χ2n) is 7.66. The van der Waals surface area contributed by atoms with Gasteiger partial charge in [0.2, 0.25) is 0 Å². The van der Waals surface area contributed by atoms with Gasteiger partial charge in [-0.15, -0.1) is 0 Å². The van der Waals surface area contributed by atoms with Crippen LogP contribution in [0.15, 0.2) is 29.3 Å². The number of piperidine rings is 1. The van der Waals surface area contributed by atoms with Crippen LogP contribution >= 0.6 is 0 Å². The van der Waals surface area contributed by atoms with Gasteiger partial charge < -0.3 is 15.0 Å². The number of nitrogens with zero attached hydrogens (tertiary/aromatic N) is 2. The van der Waals surface area contributed by atoms with E-state index in [1.165, 1.54) is 11.1 Å². The minimum absolute atomic E-state index is 0.00684. The number of esters is 1. The lowest BCUT2D eigenvalue weighted by molar-refractivity contribution is -0.149. The van der Waals surface area contributed by atoms with E-state index < -0.39 is 0 Å². The van der Waals surface area contributed by atoms with E-state index in [1.54, 1.807) is 0 Å². The van der Waals surface area contributed by atoms with Gasteiger partial charge in [0.1, 0.15) is 0 Å². The Labute approximate surface area is 157 Å². The molecule has 0 aromatic heterocycles. The maximum atomic E-state index is 11.9. The molecule has 144 valence electrons. The standard InChI is InChI=1S/C21H33N3O2/c1-6-26-19(25)17-11-13-24(14-12-17)20(22-5)23-15-21(3,4)18-9-7-16(2)8-10-18/h7-10,17H,6,11-15H2,1-5H3,(H,22,23). The molecule has 5 nitrogen and oxygen atoms in total. The van der Waals surface area contributed by atoms with Crippen molar-refractivity contribution < 1.29 is 9.53 Å². The zero-order valence-corrected chi connectivity index (χ0v) is 16.8. The Kier molecular flexibility index (Phi) is 7.06. The number of ether oxygens (including phenoxy) is 1. The Morgan fingerprint density at radius 2 is 1.88 bits per heavy atom. The van der Waals surface area contributed by atoms with Crippen molar-refractivity contribution in [3.63, 3.8) is 0 Å². The quantitative estimate of drug-likeness (QED) is 0.499. The molecule has 1 aromatic rings. The Hall–Kier alpha value is -2.04. The van der Waals surface area contributed by atoms with Crippen molar-refractivity contribution in [1.29, 1.82) is 0 Å². The third kappa shape index (κ3) is 5.23. The molecule has 5 heteroatoms. The monoisotopic (exact) mass is 359 g/mol. The number of aliphatic imine (C=N–C) groups is 1. The lowest BCUT2D eigenvalue weighted by Gasteiger charge is -2.35. The van der Waals surface area contributed by atoms with Crippen LogP contribution < -0.4 is 5.32 Å². The molecule has 26 heavy (non-hydrogen) atoms. The summed E-state index contributed by atoms with van der Waals surface area (Å²) in [5.41, 5.74) is 2.59. The maximum absolute atomic E-state index is 11.9. The number of nitrogens with one attached hydrogen (secondary N) is 1. The van der Waals surface area contributed by atoms with Gasteiger partial charge in [-0.3, -0.25) is 9.79 Å². The smallest absolute Gasteiger partial charge is 0.309 e. The number of aryl methyl sites for hydroxylation is 1. The van der Waals surface area contributed by atoms with Crippen LogP contribution in [0.5, 0.6) is 0 Å². The number of guanidine groups is 1. The van der Waals surface area contributed by atoms with Crippen LogP contribution in [0.2, 0.25) is 0 Å². The molecular formula is C21H33N3O2. The number of hydrogen-bond donors (Lipinski definition) is 1. The molecule has 1 saturated heterocycles. The first-order valence-corrected chi connectivity index (χ1v) is 9.56. The molecular weight excluding hydrogens is 326 g/mol. The van der Waals surface area contributed by atoms with Gasteiger partial charge >= 0.3 is 5.97 Å². The molecule has 1 aromatic carbocycles. The molecule has 0 aliphatic carbocycles. The fourth-order valence-electron chi connectivity index (χ4n) is 3.33. The molecule has 0 radical (unpaired) electrons. The zero-order chi connectivity index (χ0) is 19.2.